The Bertz CT molecular complexity index is 1540. The molecule has 4 unspecified atom stereocenters. The standard InChI is InChI=1S/C30H42N8O4/c1-16(2)37(13-22-25(39)26(40)29(42-22)38-15-33-24-27(36-41)31-14-32-28(24)38)19-10-17(11-19)6-9-23-34-20-8-7-18(30(3,4)5)12-21(20)35-23/h7-8,12,14-17,19,22,25-26,29,39-41H,6,9-11,13H2,1-5H3,(H,34,35)(H,31,32,36). The summed E-state index contributed by atoms with van der Waals surface area (Å²) >= 11 is 0. The zero-order chi connectivity index (χ0) is 29.8. The summed E-state index contributed by atoms with van der Waals surface area (Å²) < 4.78 is 7.80. The zero-order valence-corrected chi connectivity index (χ0v) is 24.9. The molecule has 4 heterocycles. The number of benzene rings is 1. The quantitative estimate of drug-likeness (QED) is 0.186. The highest BCUT2D eigenvalue weighted by Crippen LogP contribution is 2.38. The molecule has 1 aliphatic heterocycles. The van der Waals surface area contributed by atoms with Gasteiger partial charge in [0, 0.05) is 25.0 Å². The van der Waals surface area contributed by atoms with Crippen LogP contribution >= 0.6 is 0 Å². The zero-order valence-electron chi connectivity index (χ0n) is 24.9. The number of aromatic amines is 1. The second kappa shape index (κ2) is 11.2. The van der Waals surface area contributed by atoms with Crippen molar-refractivity contribution in [2.45, 2.75) is 102 Å². The van der Waals surface area contributed by atoms with E-state index in [1.165, 1.54) is 18.2 Å². The van der Waals surface area contributed by atoms with Gasteiger partial charge in [0.05, 0.1) is 17.4 Å². The highest BCUT2D eigenvalue weighted by molar-refractivity contribution is 5.82. The average Bonchev–Trinajstić information content (AvgIpc) is 3.61. The lowest BCUT2D eigenvalue weighted by Crippen LogP contribution is -2.52. The van der Waals surface area contributed by atoms with Gasteiger partial charge in [-0.2, -0.15) is 0 Å². The summed E-state index contributed by atoms with van der Waals surface area (Å²) in [7, 11) is 0. The number of aliphatic hydroxyl groups is 2. The van der Waals surface area contributed by atoms with E-state index >= 15 is 0 Å². The van der Waals surface area contributed by atoms with Crippen LogP contribution in [0.25, 0.3) is 22.2 Å². The van der Waals surface area contributed by atoms with Crippen LogP contribution in [0.5, 0.6) is 0 Å². The smallest absolute Gasteiger partial charge is 0.181 e. The van der Waals surface area contributed by atoms with Crippen LogP contribution in [0.3, 0.4) is 0 Å². The van der Waals surface area contributed by atoms with E-state index in [0.29, 0.717) is 29.7 Å². The van der Waals surface area contributed by atoms with Crippen molar-refractivity contribution in [3.8, 4) is 0 Å². The van der Waals surface area contributed by atoms with Crippen LogP contribution in [-0.4, -0.2) is 86.7 Å². The summed E-state index contributed by atoms with van der Waals surface area (Å²) in [5, 5.41) is 31.2. The van der Waals surface area contributed by atoms with Crippen LogP contribution in [-0.2, 0) is 16.6 Å². The van der Waals surface area contributed by atoms with Crippen molar-refractivity contribution < 1.29 is 20.2 Å². The van der Waals surface area contributed by atoms with E-state index in [-0.39, 0.29) is 17.3 Å². The van der Waals surface area contributed by atoms with Gasteiger partial charge in [-0.05, 0) is 62.1 Å². The van der Waals surface area contributed by atoms with Gasteiger partial charge >= 0.3 is 0 Å². The predicted molar refractivity (Wildman–Crippen MR) is 158 cm³/mol. The van der Waals surface area contributed by atoms with Gasteiger partial charge in [0.25, 0.3) is 0 Å². The molecule has 6 rings (SSSR count). The number of aryl methyl sites for hydroxylation is 1. The monoisotopic (exact) mass is 578 g/mol. The minimum absolute atomic E-state index is 0.103. The summed E-state index contributed by atoms with van der Waals surface area (Å²) in [6, 6.07) is 7.16. The average molecular weight is 579 g/mol. The molecular formula is C30H42N8O4. The predicted octanol–water partition coefficient (Wildman–Crippen LogP) is 3.54. The highest BCUT2D eigenvalue weighted by atomic mass is 16.6. The molecule has 1 saturated heterocycles. The SMILES string of the molecule is CC(C)N(CC1OC(n2cnc3c(NO)ncnc32)C(O)C1O)C1CC(CCc2nc3ccc(C(C)(C)C)cc3[nH]2)C1. The van der Waals surface area contributed by atoms with Gasteiger partial charge in [0.1, 0.15) is 30.5 Å². The second-order valence-corrected chi connectivity index (χ2v) is 13.2. The molecule has 12 nitrogen and oxygen atoms in total. The summed E-state index contributed by atoms with van der Waals surface area (Å²) in [6.07, 6.45) is 3.29. The Morgan fingerprint density at radius 3 is 2.64 bits per heavy atom. The number of aliphatic hydroxyl groups excluding tert-OH is 2. The lowest BCUT2D eigenvalue weighted by atomic mass is 9.76. The van der Waals surface area contributed by atoms with Gasteiger partial charge < -0.3 is 19.9 Å². The fourth-order valence-electron chi connectivity index (χ4n) is 6.41. The molecule has 0 radical (unpaired) electrons. The summed E-state index contributed by atoms with van der Waals surface area (Å²) in [5.41, 5.74) is 6.27. The lowest BCUT2D eigenvalue weighted by molar-refractivity contribution is -0.0620. The Balaban J connectivity index is 1.06. The van der Waals surface area contributed by atoms with E-state index in [1.807, 2.05) is 5.48 Å². The van der Waals surface area contributed by atoms with E-state index in [4.69, 9.17) is 9.72 Å². The molecule has 0 bridgehead atoms. The molecule has 42 heavy (non-hydrogen) atoms. The fourth-order valence-corrected chi connectivity index (χ4v) is 6.41. The Morgan fingerprint density at radius 2 is 1.93 bits per heavy atom. The van der Waals surface area contributed by atoms with Crippen LogP contribution in [0.2, 0.25) is 0 Å². The van der Waals surface area contributed by atoms with Crippen molar-refractivity contribution in [1.29, 1.82) is 0 Å². The van der Waals surface area contributed by atoms with E-state index in [9.17, 15) is 15.4 Å². The first-order valence-electron chi connectivity index (χ1n) is 14.9. The number of hydrogen-bond donors (Lipinski definition) is 5. The molecule has 4 atom stereocenters. The van der Waals surface area contributed by atoms with Crippen molar-refractivity contribution in [1.82, 2.24) is 34.4 Å². The first-order valence-corrected chi connectivity index (χ1v) is 14.9. The van der Waals surface area contributed by atoms with E-state index in [1.54, 1.807) is 4.57 Å². The van der Waals surface area contributed by atoms with Gasteiger partial charge in [0.2, 0.25) is 0 Å². The number of nitrogens with one attached hydrogen (secondary N) is 2. The van der Waals surface area contributed by atoms with E-state index < -0.39 is 24.5 Å². The molecule has 226 valence electrons. The molecule has 1 aliphatic carbocycles. The van der Waals surface area contributed by atoms with Crippen LogP contribution < -0.4 is 5.48 Å². The Labute approximate surface area is 245 Å². The summed E-state index contributed by atoms with van der Waals surface area (Å²) in [5.74, 6) is 1.82. The van der Waals surface area contributed by atoms with Crippen molar-refractivity contribution in [2.24, 2.45) is 5.92 Å². The number of imidazole rings is 2. The summed E-state index contributed by atoms with van der Waals surface area (Å²) in [6.45, 7) is 11.5. The van der Waals surface area contributed by atoms with Crippen LogP contribution in [0.4, 0.5) is 5.82 Å². The summed E-state index contributed by atoms with van der Waals surface area (Å²) in [4.78, 5) is 23.2. The maximum absolute atomic E-state index is 11.0. The first kappa shape index (κ1) is 28.9. The molecule has 1 saturated carbocycles. The van der Waals surface area contributed by atoms with Gasteiger partial charge in [-0.1, -0.05) is 26.8 Å². The number of rotatable bonds is 9. The van der Waals surface area contributed by atoms with Crippen molar-refractivity contribution in [2.75, 3.05) is 12.0 Å². The molecule has 5 N–H and O–H groups in total. The molecule has 2 fully saturated rings. The largest absolute Gasteiger partial charge is 0.387 e. The minimum Gasteiger partial charge on any atom is -0.387 e. The molecule has 1 aromatic carbocycles. The number of H-pyrrole nitrogens is 1. The first-order chi connectivity index (χ1) is 20.0. The van der Waals surface area contributed by atoms with Crippen molar-refractivity contribution in [3.05, 3.63) is 42.2 Å². The number of hydrogen-bond acceptors (Lipinski definition) is 10. The van der Waals surface area contributed by atoms with Gasteiger partial charge in [-0.15, -0.1) is 0 Å². The molecular weight excluding hydrogens is 536 g/mol. The van der Waals surface area contributed by atoms with Gasteiger partial charge in [-0.25, -0.2) is 19.9 Å². The number of anilines is 1. The molecule has 4 aromatic rings. The second-order valence-electron chi connectivity index (χ2n) is 13.2. The molecule has 0 spiro atoms. The fraction of sp³-hybridized carbons (Fsp3) is 0.600. The van der Waals surface area contributed by atoms with Crippen molar-refractivity contribution >= 4 is 28.0 Å². The molecule has 2 aliphatic rings. The van der Waals surface area contributed by atoms with Crippen molar-refractivity contribution in [3.63, 3.8) is 0 Å². The normalized spacial score (nSPS) is 26.5. The highest BCUT2D eigenvalue weighted by Gasteiger charge is 2.46. The van der Waals surface area contributed by atoms with Crippen LogP contribution in [0.1, 0.15) is 71.5 Å². The van der Waals surface area contributed by atoms with Gasteiger partial charge in [-0.3, -0.25) is 20.2 Å². The maximum Gasteiger partial charge on any atom is 0.181 e. The number of ether oxygens (including phenoxy) is 1. The third kappa shape index (κ3) is 5.37. The van der Waals surface area contributed by atoms with Crippen LogP contribution in [0, 0.1) is 5.92 Å². The Morgan fingerprint density at radius 1 is 1.14 bits per heavy atom. The number of aromatic nitrogens is 6. The number of fused-ring (bicyclic) bond motifs is 2. The lowest BCUT2D eigenvalue weighted by Gasteiger charge is -2.46. The minimum atomic E-state index is -1.15. The third-order valence-corrected chi connectivity index (χ3v) is 9.00. The third-order valence-electron chi connectivity index (χ3n) is 9.00. The molecule has 0 amide bonds. The Kier molecular flexibility index (Phi) is 7.69. The van der Waals surface area contributed by atoms with Crippen LogP contribution in [0.15, 0.2) is 30.9 Å². The molecule has 12 heteroatoms. The molecule has 3 aromatic heterocycles. The van der Waals surface area contributed by atoms with E-state index in [0.717, 1.165) is 42.5 Å². The topological polar surface area (TPSA) is 157 Å². The van der Waals surface area contributed by atoms with E-state index in [2.05, 4.69) is 77.7 Å². The maximum atomic E-state index is 11.0. The number of nitrogens with zero attached hydrogens (tertiary/aromatic N) is 6. The Hall–Kier alpha value is -3.16. The van der Waals surface area contributed by atoms with Gasteiger partial charge in [0.15, 0.2) is 23.2 Å².